The predicted molar refractivity (Wildman–Crippen MR) is 82.9 cm³/mol. The fourth-order valence-electron chi connectivity index (χ4n) is 1.62. The van der Waals surface area contributed by atoms with Gasteiger partial charge in [0.2, 0.25) is 0 Å². The van der Waals surface area contributed by atoms with Crippen molar-refractivity contribution in [1.29, 1.82) is 0 Å². The molecule has 6 heteroatoms. The Morgan fingerprint density at radius 2 is 1.85 bits per heavy atom. The minimum Gasteiger partial charge on any atom is -0.307 e. The maximum Gasteiger partial charge on any atom is 0.323 e. The van der Waals surface area contributed by atoms with Crippen molar-refractivity contribution in [2.24, 2.45) is 0 Å². The Morgan fingerprint density at radius 1 is 1.20 bits per heavy atom. The van der Waals surface area contributed by atoms with Crippen LogP contribution in [-0.2, 0) is 0 Å². The molecule has 3 nitrogen and oxygen atoms in total. The molecule has 2 amide bonds. The van der Waals surface area contributed by atoms with Crippen LogP contribution in [-0.4, -0.2) is 6.03 Å². The topological polar surface area (TPSA) is 41.1 Å². The van der Waals surface area contributed by atoms with Gasteiger partial charge in [0.1, 0.15) is 5.82 Å². The number of carbonyl (C=O) groups excluding carboxylic acids is 1. The van der Waals surface area contributed by atoms with E-state index in [9.17, 15) is 9.18 Å². The van der Waals surface area contributed by atoms with E-state index in [0.29, 0.717) is 22.0 Å². The molecule has 0 saturated carbocycles. The van der Waals surface area contributed by atoms with Crippen LogP contribution in [0.1, 0.15) is 5.56 Å². The first-order chi connectivity index (χ1) is 9.47. The summed E-state index contributed by atoms with van der Waals surface area (Å²) in [4.78, 5) is 11.9. The van der Waals surface area contributed by atoms with E-state index in [-0.39, 0.29) is 10.3 Å². The lowest BCUT2D eigenvalue weighted by atomic mass is 10.2. The van der Waals surface area contributed by atoms with E-state index >= 15 is 0 Å². The Morgan fingerprint density at radius 3 is 2.55 bits per heavy atom. The van der Waals surface area contributed by atoms with Crippen LogP contribution < -0.4 is 10.6 Å². The highest BCUT2D eigenvalue weighted by Gasteiger charge is 2.09. The van der Waals surface area contributed by atoms with Crippen LogP contribution in [0.3, 0.4) is 0 Å². The number of amides is 2. The molecule has 2 aromatic carbocycles. The average Bonchev–Trinajstić information content (AvgIpc) is 2.39. The molecule has 20 heavy (non-hydrogen) atoms. The van der Waals surface area contributed by atoms with Gasteiger partial charge >= 0.3 is 6.03 Å². The molecule has 0 aliphatic rings. The number of carbonyl (C=O) groups is 1. The van der Waals surface area contributed by atoms with Gasteiger partial charge in [0, 0.05) is 5.69 Å². The van der Waals surface area contributed by atoms with Crippen molar-refractivity contribution in [1.82, 2.24) is 0 Å². The average molecular weight is 358 g/mol. The van der Waals surface area contributed by atoms with Crippen molar-refractivity contribution >= 4 is 44.9 Å². The zero-order valence-electron chi connectivity index (χ0n) is 10.5. The van der Waals surface area contributed by atoms with E-state index in [4.69, 9.17) is 11.6 Å². The summed E-state index contributed by atoms with van der Waals surface area (Å²) in [6, 6.07) is 9.31. The van der Waals surface area contributed by atoms with Crippen LogP contribution in [0.2, 0.25) is 5.02 Å². The number of hydrogen-bond donors (Lipinski definition) is 2. The van der Waals surface area contributed by atoms with E-state index in [1.165, 1.54) is 12.1 Å². The molecule has 0 saturated heterocycles. The minimum absolute atomic E-state index is 0.288. The number of benzene rings is 2. The zero-order valence-corrected chi connectivity index (χ0v) is 12.8. The third-order valence-electron chi connectivity index (χ3n) is 2.64. The van der Waals surface area contributed by atoms with Crippen molar-refractivity contribution in [3.8, 4) is 0 Å². The molecule has 0 unspecified atom stereocenters. The molecule has 0 heterocycles. The monoisotopic (exact) mass is 356 g/mol. The lowest BCUT2D eigenvalue weighted by Gasteiger charge is -2.11. The lowest BCUT2D eigenvalue weighted by Crippen LogP contribution is -2.20. The van der Waals surface area contributed by atoms with Crippen LogP contribution in [0.5, 0.6) is 0 Å². The maximum absolute atomic E-state index is 13.3. The highest BCUT2D eigenvalue weighted by atomic mass is 79.9. The minimum atomic E-state index is -0.445. The summed E-state index contributed by atoms with van der Waals surface area (Å²) in [7, 11) is 0. The lowest BCUT2D eigenvalue weighted by molar-refractivity contribution is 0.262. The van der Waals surface area contributed by atoms with Gasteiger partial charge in [0.25, 0.3) is 0 Å². The molecule has 0 fully saturated rings. The molecule has 0 aliphatic heterocycles. The number of rotatable bonds is 2. The van der Waals surface area contributed by atoms with Gasteiger partial charge in [0.05, 0.1) is 15.2 Å². The molecule has 0 bridgehead atoms. The second-order valence-corrected chi connectivity index (χ2v) is 5.40. The van der Waals surface area contributed by atoms with Crippen molar-refractivity contribution in [2.75, 3.05) is 10.6 Å². The predicted octanol–water partition coefficient (Wildman–Crippen LogP) is 5.19. The van der Waals surface area contributed by atoms with Crippen LogP contribution in [0.4, 0.5) is 20.6 Å². The van der Waals surface area contributed by atoms with Gasteiger partial charge in [-0.05, 0) is 52.7 Å². The van der Waals surface area contributed by atoms with Crippen molar-refractivity contribution in [2.45, 2.75) is 6.92 Å². The maximum atomic E-state index is 13.3. The summed E-state index contributed by atoms with van der Waals surface area (Å²) in [6.07, 6.45) is 0. The van der Waals surface area contributed by atoms with E-state index in [1.54, 1.807) is 31.2 Å². The van der Waals surface area contributed by atoms with E-state index in [0.717, 1.165) is 0 Å². The fourth-order valence-corrected chi connectivity index (χ4v) is 2.15. The number of nitrogens with one attached hydrogen (secondary N) is 2. The van der Waals surface area contributed by atoms with Crippen LogP contribution in [0, 0.1) is 12.7 Å². The van der Waals surface area contributed by atoms with Crippen LogP contribution in [0.15, 0.2) is 40.9 Å². The standard InChI is InChI=1S/C14H11BrClFN2O/c1-8-6-11(17)9(15)7-13(8)19-14(20)18-12-5-3-2-4-10(12)16/h2-7H,1H3,(H2,18,19,20). The van der Waals surface area contributed by atoms with Crippen molar-refractivity contribution in [3.63, 3.8) is 0 Å². The Balaban J connectivity index is 2.13. The van der Waals surface area contributed by atoms with Crippen LogP contribution in [0.25, 0.3) is 0 Å². The first kappa shape index (κ1) is 14.8. The van der Waals surface area contributed by atoms with Gasteiger partial charge in [-0.15, -0.1) is 0 Å². The number of anilines is 2. The van der Waals surface area contributed by atoms with Gasteiger partial charge in [-0.25, -0.2) is 9.18 Å². The first-order valence-corrected chi connectivity index (χ1v) is 6.92. The molecular weight excluding hydrogens is 347 g/mol. The summed E-state index contributed by atoms with van der Waals surface area (Å²) in [5.41, 5.74) is 1.65. The van der Waals surface area contributed by atoms with Gasteiger partial charge in [-0.3, -0.25) is 0 Å². The number of halogens is 3. The van der Waals surface area contributed by atoms with Gasteiger partial charge in [-0.1, -0.05) is 23.7 Å². The molecule has 0 aliphatic carbocycles. The third-order valence-corrected chi connectivity index (χ3v) is 3.57. The number of hydrogen-bond acceptors (Lipinski definition) is 1. The smallest absolute Gasteiger partial charge is 0.307 e. The quantitative estimate of drug-likeness (QED) is 0.762. The van der Waals surface area contributed by atoms with Gasteiger partial charge in [-0.2, -0.15) is 0 Å². The Hall–Kier alpha value is -1.59. The summed E-state index contributed by atoms with van der Waals surface area (Å²) < 4.78 is 13.6. The molecule has 0 spiro atoms. The van der Waals surface area contributed by atoms with Crippen molar-refractivity contribution in [3.05, 3.63) is 57.3 Å². The first-order valence-electron chi connectivity index (χ1n) is 5.75. The molecule has 0 atom stereocenters. The number of aryl methyl sites for hydroxylation is 1. The van der Waals surface area contributed by atoms with E-state index in [1.807, 2.05) is 0 Å². The molecule has 2 N–H and O–H groups in total. The molecule has 0 radical (unpaired) electrons. The Labute approximate surface area is 129 Å². The second-order valence-electron chi connectivity index (χ2n) is 4.14. The zero-order chi connectivity index (χ0) is 14.7. The van der Waals surface area contributed by atoms with Gasteiger partial charge in [0.15, 0.2) is 0 Å². The summed E-state index contributed by atoms with van der Waals surface area (Å²) in [5, 5.41) is 5.72. The molecule has 2 aromatic rings. The number of urea groups is 1. The summed E-state index contributed by atoms with van der Waals surface area (Å²) in [5.74, 6) is -0.375. The SMILES string of the molecule is Cc1cc(F)c(Br)cc1NC(=O)Nc1ccccc1Cl. The summed E-state index contributed by atoms with van der Waals surface area (Å²) in [6.45, 7) is 1.71. The van der Waals surface area contributed by atoms with E-state index in [2.05, 4.69) is 26.6 Å². The second kappa shape index (κ2) is 6.24. The highest BCUT2D eigenvalue weighted by molar-refractivity contribution is 9.10. The molecule has 104 valence electrons. The third kappa shape index (κ3) is 3.49. The van der Waals surface area contributed by atoms with Crippen LogP contribution >= 0.6 is 27.5 Å². The van der Waals surface area contributed by atoms with E-state index < -0.39 is 6.03 Å². The molecular formula is C14H11BrClFN2O. The van der Waals surface area contributed by atoms with Crippen molar-refractivity contribution < 1.29 is 9.18 Å². The molecule has 0 aromatic heterocycles. The number of para-hydroxylation sites is 1. The normalized spacial score (nSPS) is 10.2. The fraction of sp³-hybridized carbons (Fsp3) is 0.0714. The molecule has 2 rings (SSSR count). The summed E-state index contributed by atoms with van der Waals surface area (Å²) >= 11 is 9.03. The Bertz CT molecular complexity index is 664. The highest BCUT2D eigenvalue weighted by Crippen LogP contribution is 2.25. The van der Waals surface area contributed by atoms with Gasteiger partial charge < -0.3 is 10.6 Å². The Kier molecular flexibility index (Phi) is 4.62. The largest absolute Gasteiger partial charge is 0.323 e.